The molecule has 0 saturated heterocycles. The summed E-state index contributed by atoms with van der Waals surface area (Å²) in [5, 5.41) is 0. The molecule has 0 amide bonds. The van der Waals surface area contributed by atoms with Crippen molar-refractivity contribution < 1.29 is 13.0 Å². The summed E-state index contributed by atoms with van der Waals surface area (Å²) in [6.07, 6.45) is 1.82. The van der Waals surface area contributed by atoms with Crippen LogP contribution in [0.4, 0.5) is 0 Å². The molecule has 0 saturated carbocycles. The van der Waals surface area contributed by atoms with Crippen LogP contribution in [-0.4, -0.2) is 18.7 Å². The van der Waals surface area contributed by atoms with E-state index < -0.39 is 10.1 Å². The van der Waals surface area contributed by atoms with Crippen molar-refractivity contribution in [2.24, 2.45) is 11.8 Å². The van der Waals surface area contributed by atoms with Crippen LogP contribution in [-0.2, 0) is 10.1 Å². The Morgan fingerprint density at radius 3 is 2.08 bits per heavy atom. The molecule has 0 aliphatic heterocycles. The lowest BCUT2D eigenvalue weighted by Crippen LogP contribution is -2.20. The van der Waals surface area contributed by atoms with Gasteiger partial charge < -0.3 is 0 Å². The quantitative estimate of drug-likeness (QED) is 0.680. The maximum absolute atomic E-state index is 10.6. The highest BCUT2D eigenvalue weighted by molar-refractivity contribution is 7.85. The summed E-state index contributed by atoms with van der Waals surface area (Å²) in [5.74, 6) is 0.301. The maximum Gasteiger partial charge on any atom is 0.265 e. The van der Waals surface area contributed by atoms with Crippen LogP contribution in [0.3, 0.4) is 0 Å². The Morgan fingerprint density at radius 1 is 1.33 bits per heavy atom. The molecule has 1 N–H and O–H groups in total. The van der Waals surface area contributed by atoms with Crippen LogP contribution in [0.1, 0.15) is 33.6 Å². The van der Waals surface area contributed by atoms with Gasteiger partial charge in [0.1, 0.15) is 0 Å². The molecule has 74 valence electrons. The standard InChI is InChI=1S/C8H18O3S/c1-4-5-8(7(2)3)6-12(9,10)11/h7-8H,4-6H2,1-3H3,(H,9,10,11). The average Bonchev–Trinajstić information content (AvgIpc) is 1.83. The van der Waals surface area contributed by atoms with Gasteiger partial charge in [0.15, 0.2) is 0 Å². The lowest BCUT2D eigenvalue weighted by atomic mass is 9.93. The average molecular weight is 194 g/mol. The molecule has 1 atom stereocenters. The highest BCUT2D eigenvalue weighted by atomic mass is 32.2. The minimum atomic E-state index is -3.79. The third-order valence-corrected chi connectivity index (χ3v) is 2.88. The molecule has 0 fully saturated rings. The van der Waals surface area contributed by atoms with Gasteiger partial charge in [-0.25, -0.2) is 0 Å². The fourth-order valence-electron chi connectivity index (χ4n) is 1.25. The smallest absolute Gasteiger partial charge is 0.265 e. The summed E-state index contributed by atoms with van der Waals surface area (Å²) in [7, 11) is -3.79. The zero-order valence-corrected chi connectivity index (χ0v) is 8.76. The van der Waals surface area contributed by atoms with Crippen LogP contribution in [0.5, 0.6) is 0 Å². The van der Waals surface area contributed by atoms with Crippen LogP contribution in [0, 0.1) is 11.8 Å². The Bertz CT molecular complexity index is 206. The highest BCUT2D eigenvalue weighted by Crippen LogP contribution is 2.18. The SMILES string of the molecule is CCCC(CS(=O)(=O)O)C(C)C. The zero-order chi connectivity index (χ0) is 9.78. The number of hydrogen-bond acceptors (Lipinski definition) is 2. The van der Waals surface area contributed by atoms with Crippen molar-refractivity contribution in [2.45, 2.75) is 33.6 Å². The lowest BCUT2D eigenvalue weighted by Gasteiger charge is -2.17. The van der Waals surface area contributed by atoms with E-state index in [0.29, 0.717) is 5.92 Å². The van der Waals surface area contributed by atoms with Gasteiger partial charge in [-0.1, -0.05) is 27.2 Å². The van der Waals surface area contributed by atoms with Crippen LogP contribution in [0.25, 0.3) is 0 Å². The first-order chi connectivity index (χ1) is 5.37. The van der Waals surface area contributed by atoms with Gasteiger partial charge in [-0.2, -0.15) is 8.42 Å². The molecule has 4 heteroatoms. The van der Waals surface area contributed by atoms with Crippen molar-refractivity contribution in [1.29, 1.82) is 0 Å². The molecular weight excluding hydrogens is 176 g/mol. The van der Waals surface area contributed by atoms with E-state index in [4.69, 9.17) is 4.55 Å². The minimum absolute atomic E-state index is 0.0880. The van der Waals surface area contributed by atoms with Gasteiger partial charge in [0.25, 0.3) is 10.1 Å². The summed E-state index contributed by atoms with van der Waals surface area (Å²) >= 11 is 0. The van der Waals surface area contributed by atoms with Crippen molar-refractivity contribution in [3.63, 3.8) is 0 Å². The maximum atomic E-state index is 10.6. The molecule has 0 aliphatic rings. The summed E-state index contributed by atoms with van der Waals surface area (Å²) in [4.78, 5) is 0. The zero-order valence-electron chi connectivity index (χ0n) is 7.95. The molecule has 1 unspecified atom stereocenters. The molecule has 0 heterocycles. The van der Waals surface area contributed by atoms with E-state index in [9.17, 15) is 8.42 Å². The molecule has 0 aliphatic carbocycles. The summed E-state index contributed by atoms with van der Waals surface area (Å²) < 4.78 is 29.8. The molecular formula is C8H18O3S. The molecule has 0 spiro atoms. The van der Waals surface area contributed by atoms with Gasteiger partial charge in [0.2, 0.25) is 0 Å². The Hall–Kier alpha value is -0.0900. The number of rotatable bonds is 5. The van der Waals surface area contributed by atoms with E-state index in [1.165, 1.54) is 0 Å². The molecule has 0 bridgehead atoms. The third-order valence-electron chi connectivity index (χ3n) is 2.03. The Kier molecular flexibility index (Phi) is 4.78. The second-order valence-electron chi connectivity index (χ2n) is 3.54. The van der Waals surface area contributed by atoms with E-state index in [1.807, 2.05) is 20.8 Å². The topological polar surface area (TPSA) is 54.4 Å². The molecule has 0 aromatic heterocycles. The predicted molar refractivity (Wildman–Crippen MR) is 49.7 cm³/mol. The van der Waals surface area contributed by atoms with E-state index in [0.717, 1.165) is 12.8 Å². The van der Waals surface area contributed by atoms with Crippen molar-refractivity contribution in [3.05, 3.63) is 0 Å². The summed E-state index contributed by atoms with van der Waals surface area (Å²) in [6, 6.07) is 0. The first-order valence-corrected chi connectivity index (χ1v) is 5.93. The monoisotopic (exact) mass is 194 g/mol. The third kappa shape index (κ3) is 5.55. The first kappa shape index (κ1) is 11.9. The second-order valence-corrected chi connectivity index (χ2v) is 5.04. The normalized spacial score (nSPS) is 15.1. The van der Waals surface area contributed by atoms with Crippen LogP contribution >= 0.6 is 0 Å². The van der Waals surface area contributed by atoms with Gasteiger partial charge >= 0.3 is 0 Å². The van der Waals surface area contributed by atoms with Crippen LogP contribution in [0.2, 0.25) is 0 Å². The Morgan fingerprint density at radius 2 is 1.83 bits per heavy atom. The molecule has 0 radical (unpaired) electrons. The molecule has 12 heavy (non-hydrogen) atoms. The van der Waals surface area contributed by atoms with Gasteiger partial charge in [-0.15, -0.1) is 0 Å². The largest absolute Gasteiger partial charge is 0.286 e. The fraction of sp³-hybridized carbons (Fsp3) is 1.00. The van der Waals surface area contributed by atoms with Crippen LogP contribution in [0.15, 0.2) is 0 Å². The van der Waals surface area contributed by atoms with Gasteiger partial charge in [0, 0.05) is 0 Å². The predicted octanol–water partition coefficient (Wildman–Crippen LogP) is 1.95. The molecule has 0 aromatic rings. The van der Waals surface area contributed by atoms with Crippen molar-refractivity contribution in [1.82, 2.24) is 0 Å². The highest BCUT2D eigenvalue weighted by Gasteiger charge is 2.18. The second kappa shape index (κ2) is 4.82. The Balaban J connectivity index is 4.14. The van der Waals surface area contributed by atoms with Crippen molar-refractivity contribution in [2.75, 3.05) is 5.75 Å². The Labute approximate surface area is 74.9 Å². The van der Waals surface area contributed by atoms with Crippen LogP contribution < -0.4 is 0 Å². The lowest BCUT2D eigenvalue weighted by molar-refractivity contribution is 0.374. The van der Waals surface area contributed by atoms with E-state index in [2.05, 4.69) is 0 Å². The van der Waals surface area contributed by atoms with Crippen molar-refractivity contribution in [3.8, 4) is 0 Å². The summed E-state index contributed by atoms with van der Waals surface area (Å²) in [5.41, 5.74) is 0. The minimum Gasteiger partial charge on any atom is -0.286 e. The van der Waals surface area contributed by atoms with E-state index in [-0.39, 0.29) is 11.7 Å². The molecule has 0 aromatic carbocycles. The molecule has 3 nitrogen and oxygen atoms in total. The van der Waals surface area contributed by atoms with Gasteiger partial charge in [0.05, 0.1) is 5.75 Å². The van der Waals surface area contributed by atoms with E-state index >= 15 is 0 Å². The number of hydrogen-bond donors (Lipinski definition) is 1. The van der Waals surface area contributed by atoms with E-state index in [1.54, 1.807) is 0 Å². The van der Waals surface area contributed by atoms with Gasteiger partial charge in [-0.05, 0) is 18.3 Å². The first-order valence-electron chi connectivity index (χ1n) is 4.32. The van der Waals surface area contributed by atoms with Crippen molar-refractivity contribution >= 4 is 10.1 Å². The molecule has 0 rings (SSSR count). The van der Waals surface area contributed by atoms with Gasteiger partial charge in [-0.3, -0.25) is 4.55 Å². The summed E-state index contributed by atoms with van der Waals surface area (Å²) in [6.45, 7) is 5.97. The fourth-order valence-corrected chi connectivity index (χ4v) is 2.34.